The van der Waals surface area contributed by atoms with Gasteiger partial charge in [-0.25, -0.2) is 0 Å². The maximum Gasteiger partial charge on any atom is 0.251 e. The Kier molecular flexibility index (Phi) is 4.87. The third-order valence-corrected chi connectivity index (χ3v) is 3.11. The van der Waals surface area contributed by atoms with Crippen molar-refractivity contribution in [2.24, 2.45) is 5.73 Å². The molecule has 0 fully saturated rings. The van der Waals surface area contributed by atoms with E-state index in [0.29, 0.717) is 12.1 Å². The number of carbonyl (C=O) groups excluding carboxylic acids is 1. The number of benzene rings is 2. The highest BCUT2D eigenvalue weighted by Crippen LogP contribution is 2.13. The van der Waals surface area contributed by atoms with Gasteiger partial charge in [-0.3, -0.25) is 4.79 Å². The van der Waals surface area contributed by atoms with Gasteiger partial charge < -0.3 is 16.2 Å². The molecule has 2 aromatic rings. The van der Waals surface area contributed by atoms with Crippen molar-refractivity contribution in [2.75, 3.05) is 6.61 Å². The van der Waals surface area contributed by atoms with Crippen molar-refractivity contribution in [2.45, 2.75) is 12.6 Å². The van der Waals surface area contributed by atoms with Crippen molar-refractivity contribution in [3.05, 3.63) is 71.3 Å². The van der Waals surface area contributed by atoms with Crippen LogP contribution in [-0.4, -0.2) is 17.6 Å². The lowest BCUT2D eigenvalue weighted by atomic mass is 10.1. The van der Waals surface area contributed by atoms with Crippen LogP contribution in [0.1, 0.15) is 27.5 Å². The third kappa shape index (κ3) is 3.44. The maximum absolute atomic E-state index is 12.2. The molecule has 20 heavy (non-hydrogen) atoms. The van der Waals surface area contributed by atoms with Gasteiger partial charge in [0.2, 0.25) is 0 Å². The van der Waals surface area contributed by atoms with E-state index in [1.54, 1.807) is 18.2 Å². The average Bonchev–Trinajstić information content (AvgIpc) is 2.53. The molecule has 4 N–H and O–H groups in total. The summed E-state index contributed by atoms with van der Waals surface area (Å²) in [7, 11) is 0. The zero-order chi connectivity index (χ0) is 14.4. The molecule has 0 heterocycles. The minimum Gasteiger partial charge on any atom is -0.394 e. The predicted molar refractivity (Wildman–Crippen MR) is 78.1 cm³/mol. The minimum atomic E-state index is -0.412. The van der Waals surface area contributed by atoms with E-state index in [9.17, 15) is 9.90 Å². The number of hydrogen-bond donors (Lipinski definition) is 3. The molecule has 0 radical (unpaired) electrons. The zero-order valence-electron chi connectivity index (χ0n) is 11.1. The summed E-state index contributed by atoms with van der Waals surface area (Å²) in [5.41, 5.74) is 7.88. The van der Waals surface area contributed by atoms with E-state index in [-0.39, 0.29) is 12.5 Å². The van der Waals surface area contributed by atoms with Crippen LogP contribution in [0.2, 0.25) is 0 Å². The van der Waals surface area contributed by atoms with Gasteiger partial charge in [0, 0.05) is 12.1 Å². The lowest BCUT2D eigenvalue weighted by Crippen LogP contribution is -2.30. The maximum atomic E-state index is 12.2. The van der Waals surface area contributed by atoms with Gasteiger partial charge in [-0.05, 0) is 23.3 Å². The van der Waals surface area contributed by atoms with Gasteiger partial charge in [0.15, 0.2) is 0 Å². The third-order valence-electron chi connectivity index (χ3n) is 3.11. The standard InChI is InChI=1S/C16H18N2O2/c17-10-12-5-4-8-14(9-12)16(20)18-15(11-19)13-6-2-1-3-7-13/h1-9,15,19H,10-11,17H2,(H,18,20)/t15-/m0/s1. The Balaban J connectivity index is 2.13. The van der Waals surface area contributed by atoms with Gasteiger partial charge in [-0.1, -0.05) is 42.5 Å². The molecule has 104 valence electrons. The van der Waals surface area contributed by atoms with Gasteiger partial charge in [0.1, 0.15) is 0 Å². The Morgan fingerprint density at radius 2 is 1.90 bits per heavy atom. The molecule has 1 amide bonds. The number of amides is 1. The highest BCUT2D eigenvalue weighted by Gasteiger charge is 2.14. The fourth-order valence-electron chi connectivity index (χ4n) is 2.00. The quantitative estimate of drug-likeness (QED) is 0.772. The Hall–Kier alpha value is -2.17. The molecule has 0 aliphatic rings. The summed E-state index contributed by atoms with van der Waals surface area (Å²) in [5.74, 6) is -0.219. The zero-order valence-corrected chi connectivity index (χ0v) is 11.1. The summed E-state index contributed by atoms with van der Waals surface area (Å²) in [5, 5.41) is 12.3. The van der Waals surface area contributed by atoms with Crippen molar-refractivity contribution in [1.82, 2.24) is 5.32 Å². The fourth-order valence-corrected chi connectivity index (χ4v) is 2.00. The molecule has 4 nitrogen and oxygen atoms in total. The lowest BCUT2D eigenvalue weighted by molar-refractivity contribution is 0.0916. The van der Waals surface area contributed by atoms with Crippen molar-refractivity contribution in [3.63, 3.8) is 0 Å². The number of rotatable bonds is 5. The van der Waals surface area contributed by atoms with Crippen molar-refractivity contribution in [3.8, 4) is 0 Å². The molecule has 0 aliphatic carbocycles. The molecule has 0 aliphatic heterocycles. The first-order valence-corrected chi connectivity index (χ1v) is 6.50. The molecule has 2 aromatic carbocycles. The summed E-state index contributed by atoms with van der Waals surface area (Å²) >= 11 is 0. The number of aliphatic hydroxyl groups is 1. The van der Waals surface area contributed by atoms with Crippen LogP contribution in [0.4, 0.5) is 0 Å². The van der Waals surface area contributed by atoms with Crippen LogP contribution in [0.5, 0.6) is 0 Å². The first-order valence-electron chi connectivity index (χ1n) is 6.50. The monoisotopic (exact) mass is 270 g/mol. The summed E-state index contributed by atoms with van der Waals surface area (Å²) in [6, 6.07) is 16.1. The molecule has 4 heteroatoms. The number of nitrogens with one attached hydrogen (secondary N) is 1. The van der Waals surface area contributed by atoms with E-state index >= 15 is 0 Å². The molecule has 0 spiro atoms. The summed E-state index contributed by atoms with van der Waals surface area (Å²) in [4.78, 5) is 12.2. The number of nitrogens with two attached hydrogens (primary N) is 1. The predicted octanol–water partition coefficient (Wildman–Crippen LogP) is 1.61. The van der Waals surface area contributed by atoms with Crippen LogP contribution in [0.15, 0.2) is 54.6 Å². The molecular formula is C16H18N2O2. The van der Waals surface area contributed by atoms with Crippen LogP contribution < -0.4 is 11.1 Å². The average molecular weight is 270 g/mol. The first kappa shape index (κ1) is 14.2. The highest BCUT2D eigenvalue weighted by molar-refractivity contribution is 5.94. The summed E-state index contributed by atoms with van der Waals surface area (Å²) < 4.78 is 0. The first-order chi connectivity index (χ1) is 9.74. The molecule has 0 unspecified atom stereocenters. The van der Waals surface area contributed by atoms with E-state index in [4.69, 9.17) is 5.73 Å². The SMILES string of the molecule is NCc1cccc(C(=O)N[C@@H](CO)c2ccccc2)c1. The Morgan fingerprint density at radius 3 is 2.55 bits per heavy atom. The summed E-state index contributed by atoms with van der Waals surface area (Å²) in [6.45, 7) is 0.246. The van der Waals surface area contributed by atoms with E-state index in [0.717, 1.165) is 11.1 Å². The van der Waals surface area contributed by atoms with E-state index in [1.165, 1.54) is 0 Å². The normalized spacial score (nSPS) is 11.9. The van der Waals surface area contributed by atoms with Crippen molar-refractivity contribution in [1.29, 1.82) is 0 Å². The van der Waals surface area contributed by atoms with Crippen LogP contribution in [0.3, 0.4) is 0 Å². The molecule has 1 atom stereocenters. The molecular weight excluding hydrogens is 252 g/mol. The molecule has 0 aromatic heterocycles. The number of carbonyl (C=O) groups is 1. The molecule has 0 bridgehead atoms. The van der Waals surface area contributed by atoms with Gasteiger partial charge in [-0.15, -0.1) is 0 Å². The molecule has 0 saturated heterocycles. The molecule has 2 rings (SSSR count). The van der Waals surface area contributed by atoms with Crippen LogP contribution in [0.25, 0.3) is 0 Å². The smallest absolute Gasteiger partial charge is 0.251 e. The van der Waals surface area contributed by atoms with Gasteiger partial charge in [0.05, 0.1) is 12.6 Å². The van der Waals surface area contributed by atoms with Crippen LogP contribution in [-0.2, 0) is 6.54 Å². The minimum absolute atomic E-state index is 0.146. The van der Waals surface area contributed by atoms with Crippen LogP contribution >= 0.6 is 0 Å². The van der Waals surface area contributed by atoms with Crippen molar-refractivity contribution >= 4 is 5.91 Å². The Morgan fingerprint density at radius 1 is 1.15 bits per heavy atom. The van der Waals surface area contributed by atoms with Crippen molar-refractivity contribution < 1.29 is 9.90 Å². The topological polar surface area (TPSA) is 75.4 Å². The molecule has 0 saturated carbocycles. The Bertz CT molecular complexity index is 570. The summed E-state index contributed by atoms with van der Waals surface area (Å²) in [6.07, 6.45) is 0. The van der Waals surface area contributed by atoms with Gasteiger partial charge >= 0.3 is 0 Å². The van der Waals surface area contributed by atoms with E-state index in [1.807, 2.05) is 36.4 Å². The van der Waals surface area contributed by atoms with Crippen LogP contribution in [0, 0.1) is 0 Å². The Labute approximate surface area is 118 Å². The van der Waals surface area contributed by atoms with Gasteiger partial charge in [0.25, 0.3) is 5.91 Å². The second-order valence-electron chi connectivity index (χ2n) is 4.52. The van der Waals surface area contributed by atoms with E-state index < -0.39 is 6.04 Å². The van der Waals surface area contributed by atoms with E-state index in [2.05, 4.69) is 5.32 Å². The largest absolute Gasteiger partial charge is 0.394 e. The second-order valence-corrected chi connectivity index (χ2v) is 4.52. The highest BCUT2D eigenvalue weighted by atomic mass is 16.3. The lowest BCUT2D eigenvalue weighted by Gasteiger charge is -2.17. The second kappa shape index (κ2) is 6.84. The number of aliphatic hydroxyl groups excluding tert-OH is 1. The fraction of sp³-hybridized carbons (Fsp3) is 0.188. The number of hydrogen-bond acceptors (Lipinski definition) is 3. The van der Waals surface area contributed by atoms with Gasteiger partial charge in [-0.2, -0.15) is 0 Å².